The summed E-state index contributed by atoms with van der Waals surface area (Å²) in [5, 5.41) is 2.00. The van der Waals surface area contributed by atoms with Crippen LogP contribution in [-0.2, 0) is 11.2 Å². The molecule has 35 heavy (non-hydrogen) atoms. The number of hydrogen-bond acceptors (Lipinski definition) is 4. The monoisotopic (exact) mass is 498 g/mol. The lowest BCUT2D eigenvalue weighted by molar-refractivity contribution is -0.136. The van der Waals surface area contributed by atoms with Gasteiger partial charge in [0.25, 0.3) is 5.91 Å². The number of carbonyl (C=O) groups is 2. The number of halogens is 2. The molecule has 4 rings (SSSR count). The minimum atomic E-state index is -0.664. The molecule has 0 spiro atoms. The van der Waals surface area contributed by atoms with E-state index in [1.54, 1.807) is 34.4 Å². The highest BCUT2D eigenvalue weighted by Gasteiger charge is 2.36. The Labute approximate surface area is 207 Å². The number of ether oxygens (including phenoxy) is 1. The van der Waals surface area contributed by atoms with Gasteiger partial charge in [0.05, 0.1) is 6.04 Å². The van der Waals surface area contributed by atoms with Crippen LogP contribution in [-0.4, -0.2) is 46.8 Å². The average molecular weight is 499 g/mol. The van der Waals surface area contributed by atoms with Crippen molar-refractivity contribution in [2.24, 2.45) is 0 Å². The van der Waals surface area contributed by atoms with E-state index in [1.165, 1.54) is 40.1 Å². The lowest BCUT2D eigenvalue weighted by Crippen LogP contribution is -2.53. The molecule has 5 nitrogen and oxygen atoms in total. The van der Waals surface area contributed by atoms with Crippen molar-refractivity contribution in [3.05, 3.63) is 87.6 Å². The second kappa shape index (κ2) is 10.2. The fourth-order valence-corrected chi connectivity index (χ4v) is 5.13. The van der Waals surface area contributed by atoms with Gasteiger partial charge in [-0.05, 0) is 86.7 Å². The molecule has 0 saturated heterocycles. The van der Waals surface area contributed by atoms with Crippen LogP contribution in [0.25, 0.3) is 0 Å². The van der Waals surface area contributed by atoms with E-state index in [2.05, 4.69) is 0 Å². The first kappa shape index (κ1) is 24.9. The summed E-state index contributed by atoms with van der Waals surface area (Å²) < 4.78 is 33.0. The van der Waals surface area contributed by atoms with Crippen molar-refractivity contribution in [1.29, 1.82) is 0 Å². The molecule has 2 amide bonds. The smallest absolute Gasteiger partial charge is 0.254 e. The van der Waals surface area contributed by atoms with E-state index >= 15 is 0 Å². The highest BCUT2D eigenvalue weighted by molar-refractivity contribution is 7.10. The molecule has 0 N–H and O–H groups in total. The topological polar surface area (TPSA) is 49.9 Å². The highest BCUT2D eigenvalue weighted by atomic mass is 32.1. The first-order valence-corrected chi connectivity index (χ1v) is 12.3. The normalized spacial score (nSPS) is 15.5. The molecule has 8 heteroatoms. The predicted molar refractivity (Wildman–Crippen MR) is 132 cm³/mol. The van der Waals surface area contributed by atoms with E-state index in [0.717, 1.165) is 12.0 Å². The highest BCUT2D eigenvalue weighted by Crippen LogP contribution is 2.34. The van der Waals surface area contributed by atoms with Gasteiger partial charge >= 0.3 is 0 Å². The van der Waals surface area contributed by atoms with Crippen LogP contribution >= 0.6 is 11.3 Å². The van der Waals surface area contributed by atoms with Gasteiger partial charge in [-0.2, -0.15) is 0 Å². The van der Waals surface area contributed by atoms with Crippen LogP contribution in [0.3, 0.4) is 0 Å². The first-order valence-electron chi connectivity index (χ1n) is 11.4. The number of nitrogens with zero attached hydrogens (tertiary/aromatic N) is 2. The van der Waals surface area contributed by atoms with Crippen LogP contribution in [0, 0.1) is 11.6 Å². The Bertz CT molecular complexity index is 1200. The van der Waals surface area contributed by atoms with Gasteiger partial charge in [0.15, 0.2) is 0 Å². The number of benzene rings is 2. The molecular formula is C27H28F2N2O3S. The maximum absolute atomic E-state index is 13.8. The fraction of sp³-hybridized carbons (Fsp3) is 0.333. The Morgan fingerprint density at radius 1 is 1.09 bits per heavy atom. The van der Waals surface area contributed by atoms with Crippen LogP contribution in [0.2, 0.25) is 0 Å². The van der Waals surface area contributed by atoms with Crippen molar-refractivity contribution < 1.29 is 23.1 Å². The van der Waals surface area contributed by atoms with E-state index in [4.69, 9.17) is 4.74 Å². The van der Waals surface area contributed by atoms with E-state index in [9.17, 15) is 18.4 Å². The third-order valence-electron chi connectivity index (χ3n) is 6.06. The minimum absolute atomic E-state index is 0.147. The first-order chi connectivity index (χ1) is 16.6. The fourth-order valence-electron chi connectivity index (χ4n) is 4.20. The average Bonchev–Trinajstić information content (AvgIpc) is 3.30. The summed E-state index contributed by atoms with van der Waals surface area (Å²) in [4.78, 5) is 31.3. The zero-order valence-electron chi connectivity index (χ0n) is 20.0. The van der Waals surface area contributed by atoms with Crippen LogP contribution in [0.15, 0.2) is 60.0 Å². The molecule has 1 aliphatic rings. The van der Waals surface area contributed by atoms with Crippen molar-refractivity contribution in [3.63, 3.8) is 0 Å². The van der Waals surface area contributed by atoms with Crippen LogP contribution in [0.1, 0.15) is 47.6 Å². The third-order valence-corrected chi connectivity index (χ3v) is 7.05. The second-order valence-corrected chi connectivity index (χ2v) is 10.5. The maximum Gasteiger partial charge on any atom is 0.254 e. The third kappa shape index (κ3) is 5.70. The van der Waals surface area contributed by atoms with E-state index in [-0.39, 0.29) is 36.5 Å². The Kier molecular flexibility index (Phi) is 7.21. The van der Waals surface area contributed by atoms with Gasteiger partial charge < -0.3 is 14.5 Å². The summed E-state index contributed by atoms with van der Waals surface area (Å²) in [6.45, 7) is 6.09. The zero-order valence-corrected chi connectivity index (χ0v) is 20.8. The summed E-state index contributed by atoms with van der Waals surface area (Å²) in [5.74, 6) is -0.960. The molecule has 3 aromatic rings. The van der Waals surface area contributed by atoms with Crippen LogP contribution in [0.5, 0.6) is 5.75 Å². The van der Waals surface area contributed by atoms with Gasteiger partial charge in [-0.3, -0.25) is 9.59 Å². The van der Waals surface area contributed by atoms with Gasteiger partial charge in [0.1, 0.15) is 30.5 Å². The number of amides is 2. The maximum atomic E-state index is 13.8. The van der Waals surface area contributed by atoms with Crippen molar-refractivity contribution >= 4 is 23.2 Å². The quantitative estimate of drug-likeness (QED) is 0.453. The van der Waals surface area contributed by atoms with Crippen LogP contribution in [0.4, 0.5) is 8.78 Å². The molecule has 0 bridgehead atoms. The van der Waals surface area contributed by atoms with Gasteiger partial charge in [-0.1, -0.05) is 6.07 Å². The molecule has 2 aromatic carbocycles. The molecule has 0 saturated carbocycles. The largest absolute Gasteiger partial charge is 0.491 e. The van der Waals surface area contributed by atoms with Crippen molar-refractivity contribution in [2.45, 2.75) is 38.8 Å². The number of hydrogen-bond donors (Lipinski definition) is 0. The Morgan fingerprint density at radius 2 is 1.83 bits per heavy atom. The summed E-state index contributed by atoms with van der Waals surface area (Å²) in [6.07, 6.45) is 0.721. The molecule has 1 atom stereocenters. The standard InChI is InChI=1S/C27H28F2N2O3S/c1-27(2,3)31(26(33)18-5-4-6-20(29)15-18)16-25(32)30-13-11-24-22(12-14-35-24)23(30)17-34-21-9-7-19(28)8-10-21/h4-10,12,14-15,23H,11,13,16-17H2,1-3H3. The van der Waals surface area contributed by atoms with Gasteiger partial charge in [0.2, 0.25) is 5.91 Å². The lowest BCUT2D eigenvalue weighted by atomic mass is 9.99. The molecular weight excluding hydrogens is 470 g/mol. The molecule has 1 unspecified atom stereocenters. The number of carbonyl (C=O) groups excluding carboxylic acids is 2. The van der Waals surface area contributed by atoms with Crippen molar-refractivity contribution in [3.8, 4) is 5.75 Å². The summed E-state index contributed by atoms with van der Waals surface area (Å²) in [6, 6.07) is 12.9. The van der Waals surface area contributed by atoms with E-state index < -0.39 is 17.3 Å². The van der Waals surface area contributed by atoms with Gasteiger partial charge in [-0.25, -0.2) is 8.78 Å². The molecule has 2 heterocycles. The van der Waals surface area contributed by atoms with Gasteiger partial charge in [0, 0.05) is 22.5 Å². The predicted octanol–water partition coefficient (Wildman–Crippen LogP) is 5.47. The Balaban J connectivity index is 1.56. The molecule has 0 radical (unpaired) electrons. The molecule has 0 fully saturated rings. The Morgan fingerprint density at radius 3 is 2.51 bits per heavy atom. The Hall–Kier alpha value is -3.26. The molecule has 0 aliphatic carbocycles. The number of thiophene rings is 1. The summed E-state index contributed by atoms with van der Waals surface area (Å²) in [5.41, 5.74) is 0.556. The van der Waals surface area contributed by atoms with Gasteiger partial charge in [-0.15, -0.1) is 11.3 Å². The second-order valence-electron chi connectivity index (χ2n) is 9.49. The molecule has 1 aromatic heterocycles. The van der Waals surface area contributed by atoms with Crippen LogP contribution < -0.4 is 4.74 Å². The van der Waals surface area contributed by atoms with Crippen molar-refractivity contribution in [1.82, 2.24) is 9.80 Å². The lowest BCUT2D eigenvalue weighted by Gasteiger charge is -2.40. The zero-order chi connectivity index (χ0) is 25.2. The van der Waals surface area contributed by atoms with E-state index in [0.29, 0.717) is 12.3 Å². The summed E-state index contributed by atoms with van der Waals surface area (Å²) in [7, 11) is 0. The van der Waals surface area contributed by atoms with E-state index in [1.807, 2.05) is 32.2 Å². The summed E-state index contributed by atoms with van der Waals surface area (Å²) >= 11 is 1.65. The SMILES string of the molecule is CC(C)(C)N(CC(=O)N1CCc2sccc2C1COc1ccc(F)cc1)C(=O)c1cccc(F)c1. The molecule has 1 aliphatic heterocycles. The number of rotatable bonds is 6. The minimum Gasteiger partial charge on any atom is -0.491 e. The van der Waals surface area contributed by atoms with Crippen molar-refractivity contribution in [2.75, 3.05) is 19.7 Å². The number of fused-ring (bicyclic) bond motifs is 1. The molecule has 184 valence electrons.